The van der Waals surface area contributed by atoms with Crippen LogP contribution in [0.15, 0.2) is 77.5 Å². The number of aryl methyl sites for hydroxylation is 1. The molecule has 1 aromatic heterocycles. The summed E-state index contributed by atoms with van der Waals surface area (Å²) >= 11 is 1.31. The number of allylic oxidation sites excluding steroid dienone is 1. The van der Waals surface area contributed by atoms with Crippen molar-refractivity contribution in [1.82, 2.24) is 20.2 Å². The van der Waals surface area contributed by atoms with Gasteiger partial charge < -0.3 is 9.88 Å². The molecule has 0 radical (unpaired) electrons. The van der Waals surface area contributed by atoms with Crippen LogP contribution >= 0.6 is 11.8 Å². The number of nitrogens with one attached hydrogen (secondary N) is 2. The zero-order chi connectivity index (χ0) is 21.2. The standard InChI is InChI=1S/C22H24N6OS/c1-3-13-28-20(15-23-19-7-5-4-6-8-19)25-27-22(28)30-16-21(29)26-24-14-18-11-9-17(2)10-12-18/h3-12,14,23H,1,13,15-16H2,2H3,(H,26,29)/b24-14+. The molecule has 7 nitrogen and oxygen atoms in total. The Morgan fingerprint density at radius 2 is 1.93 bits per heavy atom. The lowest BCUT2D eigenvalue weighted by atomic mass is 10.2. The number of thioether (sulfide) groups is 1. The number of amides is 1. The normalized spacial score (nSPS) is 10.8. The Balaban J connectivity index is 1.53. The molecule has 0 spiro atoms. The van der Waals surface area contributed by atoms with E-state index in [2.05, 4.69) is 32.6 Å². The number of anilines is 1. The van der Waals surface area contributed by atoms with Crippen molar-refractivity contribution in [3.63, 3.8) is 0 Å². The molecule has 2 N–H and O–H groups in total. The molecule has 3 aromatic rings. The second-order valence-electron chi connectivity index (χ2n) is 6.51. The number of hydrazone groups is 1. The number of carbonyl (C=O) groups excluding carboxylic acids is 1. The summed E-state index contributed by atoms with van der Waals surface area (Å²) in [5, 5.41) is 16.5. The Bertz CT molecular complexity index is 998. The van der Waals surface area contributed by atoms with Gasteiger partial charge in [-0.25, -0.2) is 5.43 Å². The van der Waals surface area contributed by atoms with Gasteiger partial charge in [-0.05, 0) is 24.6 Å². The minimum absolute atomic E-state index is 0.187. The third kappa shape index (κ3) is 6.31. The van der Waals surface area contributed by atoms with Crippen molar-refractivity contribution in [3.8, 4) is 0 Å². The van der Waals surface area contributed by atoms with E-state index in [9.17, 15) is 4.79 Å². The Kier molecular flexibility index (Phi) is 7.79. The summed E-state index contributed by atoms with van der Waals surface area (Å²) in [6.07, 6.45) is 3.40. The van der Waals surface area contributed by atoms with Gasteiger partial charge in [0.1, 0.15) is 0 Å². The van der Waals surface area contributed by atoms with Gasteiger partial charge in [-0.15, -0.1) is 16.8 Å². The molecule has 154 valence electrons. The maximum atomic E-state index is 12.1. The largest absolute Gasteiger partial charge is 0.378 e. The molecule has 30 heavy (non-hydrogen) atoms. The summed E-state index contributed by atoms with van der Waals surface area (Å²) in [6, 6.07) is 17.8. The Labute approximate surface area is 180 Å². The number of nitrogens with zero attached hydrogens (tertiary/aromatic N) is 4. The van der Waals surface area contributed by atoms with Gasteiger partial charge in [-0.2, -0.15) is 5.10 Å². The SMILES string of the molecule is C=CCn1c(CNc2ccccc2)nnc1SCC(=O)N/N=C/c1ccc(C)cc1. The first-order chi connectivity index (χ1) is 14.7. The zero-order valence-corrected chi connectivity index (χ0v) is 17.6. The first-order valence-electron chi connectivity index (χ1n) is 9.49. The van der Waals surface area contributed by atoms with E-state index in [0.29, 0.717) is 18.2 Å². The highest BCUT2D eigenvalue weighted by Gasteiger charge is 2.13. The van der Waals surface area contributed by atoms with Gasteiger partial charge in [0.05, 0.1) is 18.5 Å². The molecular formula is C22H24N6OS. The van der Waals surface area contributed by atoms with E-state index in [1.165, 1.54) is 17.3 Å². The summed E-state index contributed by atoms with van der Waals surface area (Å²) < 4.78 is 1.94. The van der Waals surface area contributed by atoms with Crippen LogP contribution in [0.2, 0.25) is 0 Å². The average Bonchev–Trinajstić information content (AvgIpc) is 3.15. The summed E-state index contributed by atoms with van der Waals surface area (Å²) in [5.41, 5.74) is 5.65. The molecule has 0 unspecified atom stereocenters. The number of aromatic nitrogens is 3. The van der Waals surface area contributed by atoms with Crippen LogP contribution in [-0.2, 0) is 17.9 Å². The van der Waals surface area contributed by atoms with Crippen molar-refractivity contribution in [1.29, 1.82) is 0 Å². The Morgan fingerprint density at radius 1 is 1.17 bits per heavy atom. The quantitative estimate of drug-likeness (QED) is 0.226. The van der Waals surface area contributed by atoms with E-state index in [1.54, 1.807) is 12.3 Å². The third-order valence-corrected chi connectivity index (χ3v) is 5.11. The Hall–Kier alpha value is -3.39. The maximum Gasteiger partial charge on any atom is 0.250 e. The first kappa shape index (κ1) is 21.3. The van der Waals surface area contributed by atoms with Crippen molar-refractivity contribution >= 4 is 29.6 Å². The van der Waals surface area contributed by atoms with E-state index < -0.39 is 0 Å². The van der Waals surface area contributed by atoms with Gasteiger partial charge in [-0.3, -0.25) is 4.79 Å². The first-order valence-corrected chi connectivity index (χ1v) is 10.5. The molecule has 0 aliphatic carbocycles. The van der Waals surface area contributed by atoms with E-state index in [-0.39, 0.29) is 11.7 Å². The Morgan fingerprint density at radius 3 is 2.67 bits per heavy atom. The highest BCUT2D eigenvalue weighted by Crippen LogP contribution is 2.18. The van der Waals surface area contributed by atoms with Gasteiger partial charge in [0.25, 0.3) is 5.91 Å². The van der Waals surface area contributed by atoms with E-state index in [0.717, 1.165) is 17.1 Å². The van der Waals surface area contributed by atoms with Crippen molar-refractivity contribution in [2.24, 2.45) is 5.10 Å². The molecule has 1 amide bonds. The molecule has 0 fully saturated rings. The second kappa shape index (κ2) is 11.0. The lowest BCUT2D eigenvalue weighted by Crippen LogP contribution is -2.20. The van der Waals surface area contributed by atoms with Crippen LogP contribution in [0, 0.1) is 6.92 Å². The lowest BCUT2D eigenvalue weighted by molar-refractivity contribution is -0.118. The number of hydrogen-bond donors (Lipinski definition) is 2. The van der Waals surface area contributed by atoms with Crippen molar-refractivity contribution in [2.75, 3.05) is 11.1 Å². The summed E-state index contributed by atoms with van der Waals surface area (Å²) in [6.45, 7) is 6.91. The van der Waals surface area contributed by atoms with Crippen molar-refractivity contribution in [2.45, 2.75) is 25.2 Å². The molecule has 0 saturated heterocycles. The molecule has 0 atom stereocenters. The maximum absolute atomic E-state index is 12.1. The lowest BCUT2D eigenvalue weighted by Gasteiger charge is -2.09. The predicted octanol–water partition coefficient (Wildman–Crippen LogP) is 3.63. The molecule has 0 saturated carbocycles. The molecule has 1 heterocycles. The molecule has 2 aromatic carbocycles. The van der Waals surface area contributed by atoms with E-state index in [4.69, 9.17) is 0 Å². The number of para-hydroxylation sites is 1. The van der Waals surface area contributed by atoms with Crippen LogP contribution in [0.1, 0.15) is 17.0 Å². The highest BCUT2D eigenvalue weighted by molar-refractivity contribution is 7.99. The predicted molar refractivity (Wildman–Crippen MR) is 122 cm³/mol. The van der Waals surface area contributed by atoms with Gasteiger partial charge in [0, 0.05) is 12.2 Å². The van der Waals surface area contributed by atoms with Crippen LogP contribution in [0.25, 0.3) is 0 Å². The van der Waals surface area contributed by atoms with Gasteiger partial charge in [0.2, 0.25) is 0 Å². The minimum Gasteiger partial charge on any atom is -0.378 e. The number of rotatable bonds is 10. The van der Waals surface area contributed by atoms with Crippen molar-refractivity contribution < 1.29 is 4.79 Å². The highest BCUT2D eigenvalue weighted by atomic mass is 32.2. The molecule has 0 aliphatic heterocycles. The fourth-order valence-electron chi connectivity index (χ4n) is 2.60. The second-order valence-corrected chi connectivity index (χ2v) is 7.45. The summed E-state index contributed by atoms with van der Waals surface area (Å²) in [4.78, 5) is 12.1. The number of carbonyl (C=O) groups is 1. The van der Waals surface area contributed by atoms with Gasteiger partial charge in [-0.1, -0.05) is 65.9 Å². The fourth-order valence-corrected chi connectivity index (χ4v) is 3.36. The van der Waals surface area contributed by atoms with Crippen LogP contribution in [0.3, 0.4) is 0 Å². The number of hydrogen-bond acceptors (Lipinski definition) is 6. The van der Waals surface area contributed by atoms with Crippen LogP contribution in [0.5, 0.6) is 0 Å². The van der Waals surface area contributed by atoms with E-state index in [1.807, 2.05) is 66.1 Å². The molecular weight excluding hydrogens is 396 g/mol. The zero-order valence-electron chi connectivity index (χ0n) is 16.8. The molecule has 3 rings (SSSR count). The molecule has 0 bridgehead atoms. The van der Waals surface area contributed by atoms with Gasteiger partial charge >= 0.3 is 0 Å². The molecule has 8 heteroatoms. The van der Waals surface area contributed by atoms with Gasteiger partial charge in [0.15, 0.2) is 11.0 Å². The topological polar surface area (TPSA) is 84.2 Å². The smallest absolute Gasteiger partial charge is 0.250 e. The summed E-state index contributed by atoms with van der Waals surface area (Å²) in [5.74, 6) is 0.756. The van der Waals surface area contributed by atoms with Crippen LogP contribution in [0.4, 0.5) is 5.69 Å². The average molecular weight is 421 g/mol. The fraction of sp³-hybridized carbons (Fsp3) is 0.182. The van der Waals surface area contributed by atoms with Crippen molar-refractivity contribution in [3.05, 3.63) is 84.2 Å². The monoisotopic (exact) mass is 420 g/mol. The third-order valence-electron chi connectivity index (χ3n) is 4.14. The van der Waals surface area contributed by atoms with Crippen LogP contribution < -0.4 is 10.7 Å². The number of benzene rings is 2. The summed E-state index contributed by atoms with van der Waals surface area (Å²) in [7, 11) is 0. The van der Waals surface area contributed by atoms with E-state index >= 15 is 0 Å². The van der Waals surface area contributed by atoms with Crippen LogP contribution in [-0.4, -0.2) is 32.6 Å². The molecule has 0 aliphatic rings. The minimum atomic E-state index is -0.208.